The molecule has 0 spiro atoms. The van der Waals surface area contributed by atoms with Gasteiger partial charge in [0, 0.05) is 5.39 Å². The second-order valence-electron chi connectivity index (χ2n) is 5.82. The van der Waals surface area contributed by atoms with Crippen LogP contribution in [0.25, 0.3) is 11.0 Å². The second kappa shape index (κ2) is 5.01. The molecule has 7 nitrogen and oxygen atoms in total. The minimum atomic E-state index is -0.640. The molecule has 0 radical (unpaired) electrons. The van der Waals surface area contributed by atoms with Crippen LogP contribution in [-0.4, -0.2) is 12.8 Å². The largest absolute Gasteiger partial charge is 0.454 e. The highest BCUT2D eigenvalue weighted by Gasteiger charge is 2.32. The first-order valence-corrected chi connectivity index (χ1v) is 7.73. The van der Waals surface area contributed by atoms with Crippen molar-refractivity contribution in [1.82, 2.24) is 5.32 Å². The average molecular weight is 336 g/mol. The van der Waals surface area contributed by atoms with Gasteiger partial charge in [0.1, 0.15) is 5.58 Å². The Morgan fingerprint density at radius 2 is 1.84 bits per heavy atom. The van der Waals surface area contributed by atoms with E-state index in [1.165, 1.54) is 0 Å². The van der Waals surface area contributed by atoms with Gasteiger partial charge in [-0.25, -0.2) is 9.59 Å². The van der Waals surface area contributed by atoms with Gasteiger partial charge in [-0.15, -0.1) is 0 Å². The van der Waals surface area contributed by atoms with Crippen molar-refractivity contribution in [3.63, 3.8) is 0 Å². The average Bonchev–Trinajstić information content (AvgIpc) is 3.08. The van der Waals surface area contributed by atoms with E-state index in [0.29, 0.717) is 39.3 Å². The Morgan fingerprint density at radius 1 is 1.00 bits per heavy atom. The minimum absolute atomic E-state index is 0.154. The molecule has 124 valence electrons. The number of benzene rings is 2. The first-order valence-electron chi connectivity index (χ1n) is 7.73. The van der Waals surface area contributed by atoms with Gasteiger partial charge in [-0.3, -0.25) is 0 Å². The van der Waals surface area contributed by atoms with E-state index in [0.717, 1.165) is 0 Å². The van der Waals surface area contributed by atoms with Crippen LogP contribution in [0.4, 0.5) is 10.5 Å². The van der Waals surface area contributed by atoms with E-state index in [2.05, 4.69) is 10.6 Å². The third kappa shape index (κ3) is 2.06. The molecule has 5 rings (SSSR count). The molecule has 3 heterocycles. The van der Waals surface area contributed by atoms with Gasteiger partial charge < -0.3 is 24.5 Å². The number of para-hydroxylation sites is 1. The standard InChI is InChI=1S/C18H12N2O5/c21-17-14-15(9-5-6-12-13(7-9)24-8-23-12)19-18(22)20-16(14)10-3-1-2-4-11(10)25-17/h1-7,15H,8H2,(H2,19,20,22)/t15-/m0/s1. The summed E-state index contributed by atoms with van der Waals surface area (Å²) in [5, 5.41) is 6.19. The van der Waals surface area contributed by atoms with Crippen LogP contribution in [0.1, 0.15) is 17.2 Å². The Bertz CT molecular complexity index is 1090. The maximum atomic E-state index is 12.6. The van der Waals surface area contributed by atoms with Gasteiger partial charge in [-0.1, -0.05) is 18.2 Å². The van der Waals surface area contributed by atoms with Crippen LogP contribution in [0.15, 0.2) is 51.7 Å². The first-order chi connectivity index (χ1) is 12.2. The van der Waals surface area contributed by atoms with Gasteiger partial charge >= 0.3 is 11.7 Å². The Morgan fingerprint density at radius 3 is 2.76 bits per heavy atom. The molecule has 2 aliphatic rings. The third-order valence-corrected chi connectivity index (χ3v) is 4.38. The van der Waals surface area contributed by atoms with Crippen molar-refractivity contribution in [1.29, 1.82) is 0 Å². The van der Waals surface area contributed by atoms with Crippen molar-refractivity contribution >= 4 is 22.7 Å². The van der Waals surface area contributed by atoms with E-state index < -0.39 is 11.7 Å². The molecule has 2 N–H and O–H groups in total. The molecule has 0 fully saturated rings. The summed E-state index contributed by atoms with van der Waals surface area (Å²) >= 11 is 0. The molecule has 1 aromatic heterocycles. The van der Waals surface area contributed by atoms with E-state index in [1.54, 1.807) is 36.4 Å². The zero-order valence-electron chi connectivity index (χ0n) is 12.9. The van der Waals surface area contributed by atoms with E-state index in [4.69, 9.17) is 13.9 Å². The second-order valence-corrected chi connectivity index (χ2v) is 5.82. The number of nitrogens with one attached hydrogen (secondary N) is 2. The summed E-state index contributed by atoms with van der Waals surface area (Å²) in [6, 6.07) is 11.4. The molecule has 0 saturated heterocycles. The summed E-state index contributed by atoms with van der Waals surface area (Å²) in [6.45, 7) is 0.154. The maximum Gasteiger partial charge on any atom is 0.344 e. The first kappa shape index (κ1) is 13.9. The summed E-state index contributed by atoms with van der Waals surface area (Å²) < 4.78 is 16.1. The lowest BCUT2D eigenvalue weighted by molar-refractivity contribution is 0.174. The van der Waals surface area contributed by atoms with E-state index >= 15 is 0 Å². The van der Waals surface area contributed by atoms with Gasteiger partial charge in [0.2, 0.25) is 6.79 Å². The van der Waals surface area contributed by atoms with Crippen LogP contribution in [0.5, 0.6) is 11.5 Å². The molecule has 0 saturated carbocycles. The molecule has 0 unspecified atom stereocenters. The fourth-order valence-electron chi connectivity index (χ4n) is 3.26. The number of amides is 2. The number of anilines is 1. The number of carbonyl (C=O) groups is 1. The molecule has 0 bridgehead atoms. The van der Waals surface area contributed by atoms with Crippen molar-refractivity contribution in [3.8, 4) is 11.5 Å². The molecule has 7 heteroatoms. The predicted molar refractivity (Wildman–Crippen MR) is 89.0 cm³/mol. The summed E-state index contributed by atoms with van der Waals surface area (Å²) in [5.74, 6) is 1.21. The lowest BCUT2D eigenvalue weighted by Crippen LogP contribution is -2.41. The quantitative estimate of drug-likeness (QED) is 0.667. The highest BCUT2D eigenvalue weighted by atomic mass is 16.7. The molecular formula is C18H12N2O5. The highest BCUT2D eigenvalue weighted by molar-refractivity contribution is 6.03. The van der Waals surface area contributed by atoms with Crippen LogP contribution in [0.2, 0.25) is 0 Å². The molecule has 25 heavy (non-hydrogen) atoms. The maximum absolute atomic E-state index is 12.6. The fraction of sp³-hybridized carbons (Fsp3) is 0.111. The third-order valence-electron chi connectivity index (χ3n) is 4.38. The Kier molecular flexibility index (Phi) is 2.79. The summed E-state index contributed by atoms with van der Waals surface area (Å²) in [4.78, 5) is 24.8. The van der Waals surface area contributed by atoms with Crippen molar-refractivity contribution < 1.29 is 18.7 Å². The van der Waals surface area contributed by atoms with Crippen LogP contribution in [0.3, 0.4) is 0 Å². The Hall–Kier alpha value is -3.48. The van der Waals surface area contributed by atoms with Gasteiger partial charge in [0.05, 0.1) is 17.3 Å². The van der Waals surface area contributed by atoms with Crippen LogP contribution in [-0.2, 0) is 0 Å². The molecule has 2 aliphatic heterocycles. The lowest BCUT2D eigenvalue weighted by Gasteiger charge is -2.27. The normalized spacial score (nSPS) is 17.8. The zero-order chi connectivity index (χ0) is 17.0. The number of fused-ring (bicyclic) bond motifs is 4. The van der Waals surface area contributed by atoms with Crippen molar-refractivity contribution in [2.75, 3.05) is 12.1 Å². The van der Waals surface area contributed by atoms with Crippen LogP contribution < -0.4 is 25.7 Å². The van der Waals surface area contributed by atoms with Gasteiger partial charge in [0.15, 0.2) is 11.5 Å². The minimum Gasteiger partial charge on any atom is -0.454 e. The van der Waals surface area contributed by atoms with Crippen molar-refractivity contribution in [2.45, 2.75) is 6.04 Å². The van der Waals surface area contributed by atoms with E-state index in [1.807, 2.05) is 6.07 Å². The molecular weight excluding hydrogens is 324 g/mol. The number of hydrogen-bond donors (Lipinski definition) is 2. The number of urea groups is 1. The monoisotopic (exact) mass is 336 g/mol. The van der Waals surface area contributed by atoms with E-state index in [-0.39, 0.29) is 12.8 Å². The van der Waals surface area contributed by atoms with E-state index in [9.17, 15) is 9.59 Å². The molecule has 0 aliphatic carbocycles. The number of rotatable bonds is 1. The lowest BCUT2D eigenvalue weighted by atomic mass is 9.95. The number of carbonyl (C=O) groups excluding carboxylic acids is 1. The van der Waals surface area contributed by atoms with Crippen molar-refractivity contribution in [2.24, 2.45) is 0 Å². The molecule has 1 atom stereocenters. The van der Waals surface area contributed by atoms with Crippen molar-refractivity contribution in [3.05, 3.63) is 64.0 Å². The molecule has 3 aromatic rings. The highest BCUT2D eigenvalue weighted by Crippen LogP contribution is 2.39. The molecule has 2 aromatic carbocycles. The SMILES string of the molecule is O=C1Nc2c(c(=O)oc3ccccc23)[C@H](c2ccc3c(c2)OCO3)N1. The molecule has 2 amide bonds. The zero-order valence-corrected chi connectivity index (χ0v) is 12.9. The summed E-state index contributed by atoms with van der Waals surface area (Å²) in [5.41, 5.74) is 1.47. The Labute approximate surface area is 141 Å². The fourth-order valence-corrected chi connectivity index (χ4v) is 3.26. The predicted octanol–water partition coefficient (Wildman–Crippen LogP) is 2.75. The van der Waals surface area contributed by atoms with Gasteiger partial charge in [0.25, 0.3) is 0 Å². The van der Waals surface area contributed by atoms with Crippen LogP contribution >= 0.6 is 0 Å². The summed E-state index contributed by atoms with van der Waals surface area (Å²) in [6.07, 6.45) is 0. The van der Waals surface area contributed by atoms with Crippen LogP contribution in [0, 0.1) is 0 Å². The topological polar surface area (TPSA) is 89.8 Å². The Balaban J connectivity index is 1.75. The number of ether oxygens (including phenoxy) is 2. The summed E-state index contributed by atoms with van der Waals surface area (Å²) in [7, 11) is 0. The smallest absolute Gasteiger partial charge is 0.344 e. The van der Waals surface area contributed by atoms with Gasteiger partial charge in [-0.2, -0.15) is 0 Å². The number of hydrogen-bond acceptors (Lipinski definition) is 5. The van der Waals surface area contributed by atoms with Gasteiger partial charge in [-0.05, 0) is 29.8 Å².